The summed E-state index contributed by atoms with van der Waals surface area (Å²) in [7, 11) is 1.60. The molecule has 0 aliphatic carbocycles. The van der Waals surface area contributed by atoms with Crippen molar-refractivity contribution in [1.82, 2.24) is 0 Å². The van der Waals surface area contributed by atoms with Crippen LogP contribution in [0.3, 0.4) is 0 Å². The van der Waals surface area contributed by atoms with Gasteiger partial charge in [-0.1, -0.05) is 19.9 Å². The number of carboxylic acid groups (broad SMARTS) is 1. The van der Waals surface area contributed by atoms with Crippen LogP contribution in [0.2, 0.25) is 0 Å². The van der Waals surface area contributed by atoms with Gasteiger partial charge in [-0.05, 0) is 30.5 Å². The van der Waals surface area contributed by atoms with Gasteiger partial charge in [0.15, 0.2) is 11.5 Å². The van der Waals surface area contributed by atoms with Crippen molar-refractivity contribution in [3.8, 4) is 11.5 Å². The minimum atomic E-state index is -0.816. The highest BCUT2D eigenvalue weighted by atomic mass is 16.5. The maximum atomic E-state index is 11.0. The third-order valence-corrected chi connectivity index (χ3v) is 3.95. The van der Waals surface area contributed by atoms with Crippen molar-refractivity contribution in [3.63, 3.8) is 0 Å². The van der Waals surface area contributed by atoms with Gasteiger partial charge >= 0.3 is 5.97 Å². The fraction of sp³-hybridized carbons (Fsp3) is 0.588. The topological polar surface area (TPSA) is 65.0 Å². The van der Waals surface area contributed by atoms with Gasteiger partial charge in [-0.25, -0.2) is 0 Å². The standard InChI is InChI=1S/C17H24O5/c1-17(2,10-16(18)19)12-6-7-14(20-3)15(9-12)22-13-5-4-8-21-11-13/h6-7,9,13H,4-5,8,10-11H2,1-3H3,(H,18,19). The Hall–Kier alpha value is -1.75. The van der Waals surface area contributed by atoms with Gasteiger partial charge < -0.3 is 19.3 Å². The molecule has 22 heavy (non-hydrogen) atoms. The minimum Gasteiger partial charge on any atom is -0.493 e. The van der Waals surface area contributed by atoms with E-state index >= 15 is 0 Å². The molecular formula is C17H24O5. The molecule has 0 bridgehead atoms. The van der Waals surface area contributed by atoms with Gasteiger partial charge in [-0.15, -0.1) is 0 Å². The molecule has 1 aromatic carbocycles. The first-order valence-electron chi connectivity index (χ1n) is 7.57. The summed E-state index contributed by atoms with van der Waals surface area (Å²) < 4.78 is 16.8. The van der Waals surface area contributed by atoms with Crippen LogP contribution in [0, 0.1) is 0 Å². The van der Waals surface area contributed by atoms with E-state index < -0.39 is 11.4 Å². The van der Waals surface area contributed by atoms with Crippen LogP contribution in [0.25, 0.3) is 0 Å². The first-order valence-corrected chi connectivity index (χ1v) is 7.57. The number of aliphatic carboxylic acids is 1. The van der Waals surface area contributed by atoms with Gasteiger partial charge in [-0.2, -0.15) is 0 Å². The molecule has 1 saturated heterocycles. The van der Waals surface area contributed by atoms with Crippen molar-refractivity contribution in [2.75, 3.05) is 20.3 Å². The second-order valence-corrected chi connectivity index (χ2v) is 6.28. The second kappa shape index (κ2) is 7.01. The van der Waals surface area contributed by atoms with Gasteiger partial charge in [0, 0.05) is 12.0 Å². The lowest BCUT2D eigenvalue weighted by atomic mass is 9.81. The molecule has 122 valence electrons. The predicted molar refractivity (Wildman–Crippen MR) is 82.7 cm³/mol. The van der Waals surface area contributed by atoms with E-state index in [2.05, 4.69) is 0 Å². The van der Waals surface area contributed by atoms with Crippen molar-refractivity contribution in [2.45, 2.75) is 44.6 Å². The highest BCUT2D eigenvalue weighted by Gasteiger charge is 2.26. The molecule has 5 heteroatoms. The zero-order chi connectivity index (χ0) is 16.2. The first-order chi connectivity index (χ1) is 10.4. The number of ether oxygens (including phenoxy) is 3. The van der Waals surface area contributed by atoms with Crippen molar-refractivity contribution >= 4 is 5.97 Å². The van der Waals surface area contributed by atoms with E-state index in [0.29, 0.717) is 18.1 Å². The maximum absolute atomic E-state index is 11.0. The summed E-state index contributed by atoms with van der Waals surface area (Å²) in [5.74, 6) is 0.485. The van der Waals surface area contributed by atoms with Crippen LogP contribution in [0.4, 0.5) is 0 Å². The van der Waals surface area contributed by atoms with Crippen molar-refractivity contribution in [2.24, 2.45) is 0 Å². The molecule has 0 spiro atoms. The molecule has 1 aromatic rings. The predicted octanol–water partition coefficient (Wildman–Crippen LogP) is 3.01. The largest absolute Gasteiger partial charge is 0.493 e. The number of hydrogen-bond donors (Lipinski definition) is 1. The summed E-state index contributed by atoms with van der Waals surface area (Å²) in [6.45, 7) is 5.18. The lowest BCUT2D eigenvalue weighted by Crippen LogP contribution is -2.28. The number of carbonyl (C=O) groups is 1. The van der Waals surface area contributed by atoms with Crippen LogP contribution in [0.15, 0.2) is 18.2 Å². The lowest BCUT2D eigenvalue weighted by molar-refractivity contribution is -0.138. The Labute approximate surface area is 131 Å². The molecule has 1 atom stereocenters. The molecule has 0 aromatic heterocycles. The van der Waals surface area contributed by atoms with Crippen molar-refractivity contribution in [3.05, 3.63) is 23.8 Å². The van der Waals surface area contributed by atoms with Crippen LogP contribution in [0.1, 0.15) is 38.7 Å². The van der Waals surface area contributed by atoms with Gasteiger partial charge in [0.2, 0.25) is 0 Å². The van der Waals surface area contributed by atoms with Crippen LogP contribution in [-0.2, 0) is 14.9 Å². The summed E-state index contributed by atoms with van der Waals surface area (Å²) in [6, 6.07) is 5.61. The van der Waals surface area contributed by atoms with Gasteiger partial charge in [0.25, 0.3) is 0 Å². The van der Waals surface area contributed by atoms with Gasteiger partial charge in [0.1, 0.15) is 6.10 Å². The van der Waals surface area contributed by atoms with Crippen LogP contribution in [-0.4, -0.2) is 37.5 Å². The van der Waals surface area contributed by atoms with E-state index in [1.54, 1.807) is 7.11 Å². The van der Waals surface area contributed by atoms with Gasteiger partial charge in [-0.3, -0.25) is 4.79 Å². The second-order valence-electron chi connectivity index (χ2n) is 6.28. The monoisotopic (exact) mass is 308 g/mol. The Morgan fingerprint density at radius 3 is 2.77 bits per heavy atom. The average molecular weight is 308 g/mol. The molecule has 1 unspecified atom stereocenters. The summed E-state index contributed by atoms with van der Waals surface area (Å²) >= 11 is 0. The Morgan fingerprint density at radius 2 is 2.18 bits per heavy atom. The van der Waals surface area contributed by atoms with Crippen LogP contribution in [0.5, 0.6) is 11.5 Å². The van der Waals surface area contributed by atoms with Gasteiger partial charge in [0.05, 0.1) is 20.1 Å². The summed E-state index contributed by atoms with van der Waals surface area (Å²) in [6.07, 6.45) is 2.01. The van der Waals surface area contributed by atoms with E-state index in [4.69, 9.17) is 19.3 Å². The zero-order valence-electron chi connectivity index (χ0n) is 13.4. The van der Waals surface area contributed by atoms with E-state index in [0.717, 1.165) is 25.0 Å². The highest BCUT2D eigenvalue weighted by molar-refractivity contribution is 5.69. The smallest absolute Gasteiger partial charge is 0.304 e. The zero-order valence-corrected chi connectivity index (χ0v) is 13.4. The van der Waals surface area contributed by atoms with E-state index in [1.807, 2.05) is 32.0 Å². The summed E-state index contributed by atoms with van der Waals surface area (Å²) in [4.78, 5) is 11.0. The molecule has 0 amide bonds. The third kappa shape index (κ3) is 4.13. The van der Waals surface area contributed by atoms with Crippen molar-refractivity contribution < 1.29 is 24.1 Å². The fourth-order valence-corrected chi connectivity index (χ4v) is 2.65. The first kappa shape index (κ1) is 16.6. The Bertz CT molecular complexity index is 518. The highest BCUT2D eigenvalue weighted by Crippen LogP contribution is 2.36. The average Bonchev–Trinajstić information content (AvgIpc) is 2.47. The number of methoxy groups -OCH3 is 1. The van der Waals surface area contributed by atoms with Crippen molar-refractivity contribution in [1.29, 1.82) is 0 Å². The SMILES string of the molecule is COc1ccc(C(C)(C)CC(=O)O)cc1OC1CCCOC1. The molecule has 5 nitrogen and oxygen atoms in total. The Kier molecular flexibility index (Phi) is 5.29. The normalized spacial score (nSPS) is 18.8. The number of rotatable bonds is 6. The number of hydrogen-bond acceptors (Lipinski definition) is 4. The van der Waals surface area contributed by atoms with Crippen LogP contribution >= 0.6 is 0 Å². The Balaban J connectivity index is 2.23. The summed E-state index contributed by atoms with van der Waals surface area (Å²) in [5.41, 5.74) is 0.446. The summed E-state index contributed by atoms with van der Waals surface area (Å²) in [5, 5.41) is 9.07. The maximum Gasteiger partial charge on any atom is 0.304 e. The third-order valence-electron chi connectivity index (χ3n) is 3.95. The molecular weight excluding hydrogens is 284 g/mol. The lowest BCUT2D eigenvalue weighted by Gasteiger charge is -2.27. The molecule has 0 radical (unpaired) electrons. The molecule has 1 aliphatic rings. The number of benzene rings is 1. The van der Waals surface area contributed by atoms with E-state index in [1.165, 1.54) is 0 Å². The molecule has 1 aliphatic heterocycles. The minimum absolute atomic E-state index is 0.0143. The van der Waals surface area contributed by atoms with Crippen LogP contribution < -0.4 is 9.47 Å². The quantitative estimate of drug-likeness (QED) is 0.875. The fourth-order valence-electron chi connectivity index (χ4n) is 2.65. The molecule has 1 fully saturated rings. The van der Waals surface area contributed by atoms with E-state index in [-0.39, 0.29) is 12.5 Å². The molecule has 1 heterocycles. The molecule has 0 saturated carbocycles. The Morgan fingerprint density at radius 1 is 1.41 bits per heavy atom. The number of carboxylic acids is 1. The molecule has 2 rings (SSSR count). The molecule has 1 N–H and O–H groups in total. The van der Waals surface area contributed by atoms with E-state index in [9.17, 15) is 4.79 Å².